The van der Waals surface area contributed by atoms with Crippen molar-refractivity contribution in [3.8, 4) is 45.3 Å². The van der Waals surface area contributed by atoms with Crippen LogP contribution in [0.15, 0.2) is 218 Å². The molecule has 0 aromatic heterocycles. The van der Waals surface area contributed by atoms with Crippen molar-refractivity contribution >= 4 is 98.8 Å². The van der Waals surface area contributed by atoms with E-state index in [4.69, 9.17) is 18.9 Å². The molecule has 13 rings (SSSR count). The summed E-state index contributed by atoms with van der Waals surface area (Å²) in [5, 5.41) is 14.7. The molecule has 370 valence electrons. The standard InChI is InChI=1S/C70H56N2O4/c1-5-73-51-33-25-47(26-34-51)71(48-27-35-52(36-28-48)74-6-2)61-43-41-59-65-55(61)21-15-23-57(65)67-63(45-17-11-9-12-18-45)68-58-24-16-22-56-62(44-42-60(66(56)58)70(68)64(69(59)67)46-19-13-10-14-20-46)72(49-29-37-53(38-30-49)75-7-3)50-31-39-54(40-32-50)76-8-4/h9-44H,5-8H2,1-4H3. The lowest BCUT2D eigenvalue weighted by atomic mass is 9.87. The summed E-state index contributed by atoms with van der Waals surface area (Å²) in [4.78, 5) is 4.73. The molecule has 13 aromatic rings. The maximum absolute atomic E-state index is 5.94. The van der Waals surface area contributed by atoms with Gasteiger partial charge in [-0.05, 0) is 213 Å². The van der Waals surface area contributed by atoms with Crippen molar-refractivity contribution in [3.63, 3.8) is 0 Å². The van der Waals surface area contributed by atoms with E-state index in [1.54, 1.807) is 0 Å². The predicted molar refractivity (Wildman–Crippen MR) is 319 cm³/mol. The number of anilines is 6. The van der Waals surface area contributed by atoms with Gasteiger partial charge in [0.2, 0.25) is 0 Å². The number of hydrogen-bond donors (Lipinski definition) is 0. The number of ether oxygens (including phenoxy) is 4. The van der Waals surface area contributed by atoms with Crippen LogP contribution in [0.5, 0.6) is 23.0 Å². The molecule has 13 aromatic carbocycles. The highest BCUT2D eigenvalue weighted by Gasteiger charge is 2.30. The molecule has 0 aliphatic rings. The molecule has 0 fully saturated rings. The lowest BCUT2D eigenvalue weighted by molar-refractivity contribution is 0.340. The van der Waals surface area contributed by atoms with Gasteiger partial charge < -0.3 is 28.7 Å². The molecule has 0 bridgehead atoms. The Balaban J connectivity index is 1.13. The van der Waals surface area contributed by atoms with Crippen LogP contribution < -0.4 is 28.7 Å². The molecule has 0 spiro atoms. The van der Waals surface area contributed by atoms with Crippen molar-refractivity contribution in [1.29, 1.82) is 0 Å². The normalized spacial score (nSPS) is 11.6. The van der Waals surface area contributed by atoms with Crippen molar-refractivity contribution in [3.05, 3.63) is 218 Å². The first-order valence-electron chi connectivity index (χ1n) is 26.6. The highest BCUT2D eigenvalue weighted by Crippen LogP contribution is 2.58. The van der Waals surface area contributed by atoms with Gasteiger partial charge in [-0.15, -0.1) is 0 Å². The molecule has 0 radical (unpaired) electrons. The predicted octanol–water partition coefficient (Wildman–Crippen LogP) is 19.3. The zero-order valence-corrected chi connectivity index (χ0v) is 43.1. The number of benzene rings is 11. The van der Waals surface area contributed by atoms with Crippen LogP contribution in [0.2, 0.25) is 0 Å². The van der Waals surface area contributed by atoms with Gasteiger partial charge in [0.25, 0.3) is 0 Å². The minimum atomic E-state index is 0.604. The zero-order chi connectivity index (χ0) is 51.3. The molecular weight excluding hydrogens is 933 g/mol. The topological polar surface area (TPSA) is 43.4 Å². The van der Waals surface area contributed by atoms with Crippen LogP contribution >= 0.6 is 0 Å². The number of hydrogen-bond acceptors (Lipinski definition) is 6. The van der Waals surface area contributed by atoms with E-state index in [1.807, 2.05) is 27.7 Å². The minimum absolute atomic E-state index is 0.604. The molecule has 0 saturated carbocycles. The molecule has 0 N–H and O–H groups in total. The lowest BCUT2D eigenvalue weighted by Crippen LogP contribution is -2.10. The molecule has 6 heteroatoms. The van der Waals surface area contributed by atoms with Gasteiger partial charge in [0.15, 0.2) is 0 Å². The summed E-state index contributed by atoms with van der Waals surface area (Å²) in [5.74, 6) is 3.37. The van der Waals surface area contributed by atoms with Crippen molar-refractivity contribution in [2.24, 2.45) is 0 Å². The van der Waals surface area contributed by atoms with Crippen molar-refractivity contribution in [2.45, 2.75) is 27.7 Å². The maximum atomic E-state index is 5.94. The summed E-state index contributed by atoms with van der Waals surface area (Å²) >= 11 is 0. The van der Waals surface area contributed by atoms with E-state index in [0.717, 1.165) is 57.1 Å². The van der Waals surface area contributed by atoms with Crippen LogP contribution in [0.3, 0.4) is 0 Å². The highest BCUT2D eigenvalue weighted by molar-refractivity contribution is 6.47. The van der Waals surface area contributed by atoms with Crippen LogP contribution in [0.1, 0.15) is 27.7 Å². The zero-order valence-electron chi connectivity index (χ0n) is 43.1. The smallest absolute Gasteiger partial charge is 0.119 e. The van der Waals surface area contributed by atoms with E-state index < -0.39 is 0 Å². The Bertz CT molecular complexity index is 3750. The fourth-order valence-electron chi connectivity index (χ4n) is 11.9. The highest BCUT2D eigenvalue weighted by atomic mass is 16.5. The largest absolute Gasteiger partial charge is 0.494 e. The third kappa shape index (κ3) is 7.71. The first-order valence-corrected chi connectivity index (χ1v) is 26.6. The molecule has 76 heavy (non-hydrogen) atoms. The van der Waals surface area contributed by atoms with Gasteiger partial charge in [0.1, 0.15) is 23.0 Å². The molecule has 6 nitrogen and oxygen atoms in total. The Morgan fingerprint density at radius 2 is 0.526 bits per heavy atom. The van der Waals surface area contributed by atoms with Gasteiger partial charge >= 0.3 is 0 Å². The Kier molecular flexibility index (Phi) is 12.0. The molecule has 0 aliphatic carbocycles. The molecular formula is C70H56N2O4. The molecule has 0 unspecified atom stereocenters. The lowest BCUT2D eigenvalue weighted by Gasteiger charge is -2.27. The average Bonchev–Trinajstić information content (AvgIpc) is 4.13. The second kappa shape index (κ2) is 19.5. The first kappa shape index (κ1) is 46.5. The fraction of sp³-hybridized carbons (Fsp3) is 0.114. The van der Waals surface area contributed by atoms with Crippen LogP contribution in [-0.4, -0.2) is 26.4 Å². The Morgan fingerprint density at radius 3 is 0.816 bits per heavy atom. The molecule has 0 heterocycles. The van der Waals surface area contributed by atoms with Gasteiger partial charge in [-0.3, -0.25) is 0 Å². The Hall–Kier alpha value is -9.26. The van der Waals surface area contributed by atoms with Gasteiger partial charge in [0, 0.05) is 33.5 Å². The number of nitrogens with zero attached hydrogens (tertiary/aromatic N) is 2. The van der Waals surface area contributed by atoms with Crippen LogP contribution in [0, 0.1) is 0 Å². The Labute approximate surface area is 443 Å². The second-order valence-corrected chi connectivity index (χ2v) is 19.1. The average molecular weight is 989 g/mol. The SMILES string of the molecule is CCOc1ccc(N(c2ccc(OCC)cc2)c2ccc3c4c(-c5ccccc5)c5c6ccc(N(c7ccc(OCC)cc7)c7ccc(OCC)cc7)c7cccc(c5c(-c5ccccc5)c4c4cccc2c43)c76)cc1. The van der Waals surface area contributed by atoms with E-state index in [9.17, 15) is 0 Å². The number of rotatable bonds is 16. The maximum Gasteiger partial charge on any atom is 0.119 e. The summed E-state index contributed by atoms with van der Waals surface area (Å²) in [6.07, 6.45) is 0. The monoisotopic (exact) mass is 988 g/mol. The van der Waals surface area contributed by atoms with E-state index >= 15 is 0 Å². The summed E-state index contributed by atoms with van der Waals surface area (Å²) < 4.78 is 23.8. The van der Waals surface area contributed by atoms with Gasteiger partial charge in [-0.1, -0.05) is 109 Å². The van der Waals surface area contributed by atoms with Crippen molar-refractivity contribution in [2.75, 3.05) is 36.2 Å². The summed E-state index contributed by atoms with van der Waals surface area (Å²) in [6.45, 7) is 10.5. The van der Waals surface area contributed by atoms with Crippen molar-refractivity contribution < 1.29 is 18.9 Å². The summed E-state index contributed by atoms with van der Waals surface area (Å²) in [6, 6.07) is 79.1. The van der Waals surface area contributed by atoms with E-state index in [-0.39, 0.29) is 0 Å². The third-order valence-electron chi connectivity index (χ3n) is 14.8. The quantitative estimate of drug-likeness (QED) is 0.0961. The van der Waals surface area contributed by atoms with Gasteiger partial charge in [-0.2, -0.15) is 0 Å². The van der Waals surface area contributed by atoms with E-state index in [2.05, 4.69) is 228 Å². The molecule has 0 aliphatic heterocycles. The summed E-state index contributed by atoms with van der Waals surface area (Å²) in [5.41, 5.74) is 11.1. The Morgan fingerprint density at radius 1 is 0.250 bits per heavy atom. The van der Waals surface area contributed by atoms with Crippen LogP contribution in [-0.2, 0) is 0 Å². The molecule has 0 amide bonds. The minimum Gasteiger partial charge on any atom is -0.494 e. The third-order valence-corrected chi connectivity index (χ3v) is 14.8. The van der Waals surface area contributed by atoms with E-state index in [0.29, 0.717) is 26.4 Å². The van der Waals surface area contributed by atoms with Crippen LogP contribution in [0.25, 0.3) is 86.9 Å². The van der Waals surface area contributed by atoms with E-state index in [1.165, 1.54) is 86.9 Å². The summed E-state index contributed by atoms with van der Waals surface area (Å²) in [7, 11) is 0. The van der Waals surface area contributed by atoms with Crippen LogP contribution in [0.4, 0.5) is 34.1 Å². The van der Waals surface area contributed by atoms with Gasteiger partial charge in [0.05, 0.1) is 37.8 Å². The second-order valence-electron chi connectivity index (χ2n) is 19.1. The van der Waals surface area contributed by atoms with Gasteiger partial charge in [-0.25, -0.2) is 0 Å². The number of fused-ring (bicyclic) bond motifs is 6. The fourth-order valence-corrected chi connectivity index (χ4v) is 11.9. The molecule has 0 saturated heterocycles. The first-order chi connectivity index (χ1) is 37.6. The van der Waals surface area contributed by atoms with Crippen molar-refractivity contribution in [1.82, 2.24) is 0 Å². The molecule has 0 atom stereocenters.